The quantitative estimate of drug-likeness (QED) is 0.239. The Kier molecular flexibility index (Phi) is 16.7. The van der Waals surface area contributed by atoms with Gasteiger partial charge in [-0.3, -0.25) is 19.4 Å². The monoisotopic (exact) mass is 452 g/mol. The van der Waals surface area contributed by atoms with Gasteiger partial charge in [-0.2, -0.15) is 9.78 Å². The summed E-state index contributed by atoms with van der Waals surface area (Å²) >= 11 is 0. The summed E-state index contributed by atoms with van der Waals surface area (Å²) in [6.45, 7) is 17.6. The van der Waals surface area contributed by atoms with Gasteiger partial charge in [-0.25, -0.2) is 9.59 Å². The van der Waals surface area contributed by atoms with E-state index in [1.165, 1.54) is 13.8 Å². The van der Waals surface area contributed by atoms with Crippen molar-refractivity contribution in [2.24, 2.45) is 22.7 Å². The fourth-order valence-corrected chi connectivity index (χ4v) is 1.89. The summed E-state index contributed by atoms with van der Waals surface area (Å²) in [5, 5.41) is 0. The van der Waals surface area contributed by atoms with E-state index in [2.05, 4.69) is 19.6 Å². The van der Waals surface area contributed by atoms with Gasteiger partial charge in [-0.15, -0.1) is 0 Å². The van der Waals surface area contributed by atoms with Gasteiger partial charge in [-0.05, 0) is 27.7 Å². The molecule has 0 aliphatic carbocycles. The SMILES string of the molecule is CCOOC(=O)C(C)C(=O)C(C)(C)C.CCOOC(=O)C(C)C(=O)C(C)(C)C.[Ti]. The second kappa shape index (κ2) is 14.8. The Morgan fingerprint density at radius 2 is 0.897 bits per heavy atom. The largest absolute Gasteiger partial charge is 0.352 e. The van der Waals surface area contributed by atoms with Crippen molar-refractivity contribution in [2.75, 3.05) is 13.2 Å². The van der Waals surface area contributed by atoms with Crippen LogP contribution >= 0.6 is 0 Å². The predicted molar refractivity (Wildman–Crippen MR) is 103 cm³/mol. The van der Waals surface area contributed by atoms with Crippen LogP contribution in [0.15, 0.2) is 0 Å². The Labute approximate surface area is 189 Å². The molecule has 2 unspecified atom stereocenters. The van der Waals surface area contributed by atoms with Gasteiger partial charge in [0.15, 0.2) is 11.6 Å². The minimum atomic E-state index is -0.776. The van der Waals surface area contributed by atoms with Crippen molar-refractivity contribution >= 4 is 23.5 Å². The van der Waals surface area contributed by atoms with Crippen LogP contribution < -0.4 is 0 Å². The fourth-order valence-electron chi connectivity index (χ4n) is 1.89. The molecular weight excluding hydrogens is 416 g/mol. The molecular formula is C20H36O8Ti. The zero-order valence-electron chi connectivity index (χ0n) is 19.3. The third-order valence-electron chi connectivity index (χ3n) is 3.49. The Bertz CT molecular complexity index is 484. The van der Waals surface area contributed by atoms with E-state index in [-0.39, 0.29) is 46.5 Å². The van der Waals surface area contributed by atoms with Crippen molar-refractivity contribution in [2.45, 2.75) is 69.2 Å². The Morgan fingerprint density at radius 3 is 1.07 bits per heavy atom. The smallest absolute Gasteiger partial charge is 0.298 e. The van der Waals surface area contributed by atoms with Gasteiger partial charge in [-0.1, -0.05) is 41.5 Å². The minimum Gasteiger partial charge on any atom is -0.298 e. The number of hydrogen-bond acceptors (Lipinski definition) is 8. The molecule has 0 aliphatic rings. The second-order valence-corrected chi connectivity index (χ2v) is 8.29. The number of carbonyl (C=O) groups excluding carboxylic acids is 4. The molecule has 0 aromatic carbocycles. The number of carbonyl (C=O) groups is 4. The molecule has 0 saturated heterocycles. The van der Waals surface area contributed by atoms with Crippen LogP contribution in [-0.2, 0) is 60.4 Å². The number of Topliss-reactive ketones (excluding diaryl/α,β-unsaturated/α-hetero) is 2. The summed E-state index contributed by atoms with van der Waals surface area (Å²) in [5.41, 5.74) is -1.07. The van der Waals surface area contributed by atoms with Crippen LogP contribution in [0.3, 0.4) is 0 Å². The predicted octanol–water partition coefficient (Wildman–Crippen LogP) is 3.46. The van der Waals surface area contributed by atoms with Gasteiger partial charge < -0.3 is 0 Å². The summed E-state index contributed by atoms with van der Waals surface area (Å²) in [7, 11) is 0. The van der Waals surface area contributed by atoms with E-state index in [9.17, 15) is 19.2 Å². The first kappa shape index (κ1) is 32.6. The van der Waals surface area contributed by atoms with Crippen molar-refractivity contribution in [3.05, 3.63) is 0 Å². The van der Waals surface area contributed by atoms with Crippen molar-refractivity contribution < 1.29 is 60.4 Å². The van der Waals surface area contributed by atoms with Gasteiger partial charge >= 0.3 is 11.9 Å². The zero-order chi connectivity index (χ0) is 22.7. The Balaban J connectivity index is -0.000000451. The van der Waals surface area contributed by atoms with Gasteiger partial charge in [0.2, 0.25) is 0 Å². The molecule has 0 fully saturated rings. The molecule has 0 N–H and O–H groups in total. The van der Waals surface area contributed by atoms with Crippen LogP contribution in [0.5, 0.6) is 0 Å². The van der Waals surface area contributed by atoms with Crippen LogP contribution in [0, 0.1) is 22.7 Å². The van der Waals surface area contributed by atoms with Crippen molar-refractivity contribution in [1.82, 2.24) is 0 Å². The maximum atomic E-state index is 11.6. The minimum absolute atomic E-state index is 0. The van der Waals surface area contributed by atoms with Gasteiger partial charge in [0.25, 0.3) is 0 Å². The maximum Gasteiger partial charge on any atom is 0.352 e. The molecule has 8 nitrogen and oxygen atoms in total. The van der Waals surface area contributed by atoms with Crippen molar-refractivity contribution in [3.63, 3.8) is 0 Å². The molecule has 168 valence electrons. The first-order chi connectivity index (χ1) is 12.6. The Morgan fingerprint density at radius 1 is 0.655 bits per heavy atom. The van der Waals surface area contributed by atoms with E-state index in [0.717, 1.165) is 0 Å². The molecule has 29 heavy (non-hydrogen) atoms. The van der Waals surface area contributed by atoms with Crippen LogP contribution in [0.1, 0.15) is 69.2 Å². The Hall–Kier alpha value is -1.09. The van der Waals surface area contributed by atoms with Gasteiger partial charge in [0.05, 0.1) is 13.2 Å². The van der Waals surface area contributed by atoms with E-state index < -0.39 is 34.6 Å². The maximum absolute atomic E-state index is 11.6. The molecule has 0 amide bonds. The molecule has 0 heterocycles. The van der Waals surface area contributed by atoms with Gasteiger partial charge in [0, 0.05) is 32.5 Å². The second-order valence-electron chi connectivity index (χ2n) is 8.29. The van der Waals surface area contributed by atoms with E-state index >= 15 is 0 Å². The molecule has 9 heteroatoms. The first-order valence-electron chi connectivity index (χ1n) is 9.36. The van der Waals surface area contributed by atoms with Crippen LogP contribution in [0.2, 0.25) is 0 Å². The summed E-state index contributed by atoms with van der Waals surface area (Å²) in [6, 6.07) is 0. The summed E-state index contributed by atoms with van der Waals surface area (Å²) in [4.78, 5) is 63.4. The van der Waals surface area contributed by atoms with Crippen molar-refractivity contribution in [1.29, 1.82) is 0 Å². The molecule has 0 bridgehead atoms. The first-order valence-corrected chi connectivity index (χ1v) is 9.36. The molecule has 0 aliphatic heterocycles. The van der Waals surface area contributed by atoms with Gasteiger partial charge in [0.1, 0.15) is 11.8 Å². The molecule has 2 atom stereocenters. The molecule has 0 rings (SSSR count). The van der Waals surface area contributed by atoms with E-state index in [4.69, 9.17) is 0 Å². The van der Waals surface area contributed by atoms with Crippen LogP contribution in [0.25, 0.3) is 0 Å². The van der Waals surface area contributed by atoms with E-state index in [1.54, 1.807) is 55.4 Å². The van der Waals surface area contributed by atoms with Crippen LogP contribution in [0.4, 0.5) is 0 Å². The average molecular weight is 452 g/mol. The fraction of sp³-hybridized carbons (Fsp3) is 0.800. The van der Waals surface area contributed by atoms with Crippen molar-refractivity contribution in [3.8, 4) is 0 Å². The number of rotatable bonds is 8. The standard InChI is InChI=1S/2C10H18O4.Ti/c2*1-6-13-14-9(12)7(2)8(11)10(3,4)5;/h2*7H,6H2,1-5H3;. The molecule has 0 aromatic heterocycles. The summed E-state index contributed by atoms with van der Waals surface area (Å²) < 4.78 is 0. The number of ketones is 2. The normalized spacial score (nSPS) is 13.0. The molecule has 0 radical (unpaired) electrons. The third kappa shape index (κ3) is 13.7. The topological polar surface area (TPSA) is 105 Å². The molecule has 0 aromatic rings. The zero-order valence-corrected chi connectivity index (χ0v) is 20.9. The molecule has 0 spiro atoms. The summed E-state index contributed by atoms with van der Waals surface area (Å²) in [6.07, 6.45) is 0. The third-order valence-corrected chi connectivity index (χ3v) is 3.49. The summed E-state index contributed by atoms with van der Waals surface area (Å²) in [5.74, 6) is -3.12. The molecule has 0 saturated carbocycles. The average Bonchev–Trinajstić information content (AvgIpc) is 2.60. The van der Waals surface area contributed by atoms with Crippen LogP contribution in [-0.4, -0.2) is 36.7 Å². The van der Waals surface area contributed by atoms with E-state index in [1.807, 2.05) is 0 Å². The number of hydrogen-bond donors (Lipinski definition) is 0. The van der Waals surface area contributed by atoms with E-state index in [0.29, 0.717) is 0 Å².